The predicted octanol–water partition coefficient (Wildman–Crippen LogP) is 1.61. The van der Waals surface area contributed by atoms with E-state index in [1.54, 1.807) is 0 Å². The van der Waals surface area contributed by atoms with Crippen LogP contribution in [-0.4, -0.2) is 29.4 Å². The van der Waals surface area contributed by atoms with Gasteiger partial charge in [-0.3, -0.25) is 0 Å². The second-order valence-electron chi connectivity index (χ2n) is 2.98. The summed E-state index contributed by atoms with van der Waals surface area (Å²) in [5, 5.41) is 17.4. The number of aliphatic hydroxyl groups is 1. The molecule has 1 rings (SSSR count). The van der Waals surface area contributed by atoms with Gasteiger partial charge in [-0.2, -0.15) is 0 Å². The number of carboxylic acid groups (broad SMARTS) is 1. The molecule has 16 heavy (non-hydrogen) atoms. The van der Waals surface area contributed by atoms with E-state index in [1.807, 2.05) is 0 Å². The molecule has 0 aromatic heterocycles. The van der Waals surface area contributed by atoms with Gasteiger partial charge < -0.3 is 14.9 Å². The minimum atomic E-state index is -1.31. The quantitative estimate of drug-likeness (QED) is 0.831. The van der Waals surface area contributed by atoms with Crippen LogP contribution in [0.15, 0.2) is 18.2 Å². The summed E-state index contributed by atoms with van der Waals surface area (Å²) in [5.41, 5.74) is 0.156. The molecule has 0 saturated heterocycles. The average molecular weight is 249 g/mol. The fraction of sp³-hybridized carbons (Fsp3) is 0.300. The van der Waals surface area contributed by atoms with Crippen molar-refractivity contribution in [3.8, 4) is 0 Å². The number of hydrogen-bond donors (Lipinski definition) is 2. The van der Waals surface area contributed by atoms with Gasteiger partial charge in [0.25, 0.3) is 0 Å². The topological polar surface area (TPSA) is 66.8 Å². The van der Waals surface area contributed by atoms with Crippen LogP contribution in [0.5, 0.6) is 0 Å². The van der Waals surface area contributed by atoms with E-state index < -0.39 is 17.9 Å². The molecule has 0 aliphatic carbocycles. The van der Waals surface area contributed by atoms with Crippen LogP contribution in [0.3, 0.4) is 0 Å². The minimum Gasteiger partial charge on any atom is -0.479 e. The molecule has 0 spiro atoms. The molecular formula is C10H10ClFO4. The molecule has 1 unspecified atom stereocenters. The first-order valence-corrected chi connectivity index (χ1v) is 4.84. The van der Waals surface area contributed by atoms with Crippen LogP contribution in [-0.2, 0) is 9.53 Å². The SMILES string of the molecule is O=C(O)C(OCCO)c1ccc(F)cc1Cl. The van der Waals surface area contributed by atoms with Crippen molar-refractivity contribution in [1.82, 2.24) is 0 Å². The molecular weight excluding hydrogens is 239 g/mol. The maximum absolute atomic E-state index is 12.8. The highest BCUT2D eigenvalue weighted by Crippen LogP contribution is 2.26. The number of rotatable bonds is 5. The third kappa shape index (κ3) is 3.16. The Bertz CT molecular complexity index is 383. The summed E-state index contributed by atoms with van der Waals surface area (Å²) in [6, 6.07) is 3.35. The van der Waals surface area contributed by atoms with Crippen LogP contribution in [0.2, 0.25) is 5.02 Å². The van der Waals surface area contributed by atoms with Crippen LogP contribution >= 0.6 is 11.6 Å². The lowest BCUT2D eigenvalue weighted by molar-refractivity contribution is -0.151. The van der Waals surface area contributed by atoms with Gasteiger partial charge in [0.05, 0.1) is 13.2 Å². The first-order valence-electron chi connectivity index (χ1n) is 4.46. The fourth-order valence-corrected chi connectivity index (χ4v) is 1.45. The Kier molecular flexibility index (Phi) is 4.67. The lowest BCUT2D eigenvalue weighted by Gasteiger charge is -2.14. The fourth-order valence-electron chi connectivity index (χ4n) is 1.18. The van der Waals surface area contributed by atoms with Gasteiger partial charge in [0.2, 0.25) is 0 Å². The summed E-state index contributed by atoms with van der Waals surface area (Å²) in [6.45, 7) is -0.437. The molecule has 0 heterocycles. The average Bonchev–Trinajstić information content (AvgIpc) is 2.20. The van der Waals surface area contributed by atoms with Gasteiger partial charge in [0.15, 0.2) is 6.10 Å². The third-order valence-electron chi connectivity index (χ3n) is 1.85. The first kappa shape index (κ1) is 12.9. The van der Waals surface area contributed by atoms with Crippen molar-refractivity contribution < 1.29 is 24.1 Å². The number of carboxylic acids is 1. The van der Waals surface area contributed by atoms with E-state index in [0.717, 1.165) is 12.1 Å². The van der Waals surface area contributed by atoms with Crippen molar-refractivity contribution in [2.75, 3.05) is 13.2 Å². The normalized spacial score (nSPS) is 12.4. The molecule has 0 aliphatic heterocycles. The van der Waals surface area contributed by atoms with Crippen molar-refractivity contribution in [1.29, 1.82) is 0 Å². The second-order valence-corrected chi connectivity index (χ2v) is 3.39. The van der Waals surface area contributed by atoms with Gasteiger partial charge >= 0.3 is 5.97 Å². The summed E-state index contributed by atoms with van der Waals surface area (Å²) in [5.74, 6) is -1.80. The van der Waals surface area contributed by atoms with Crippen molar-refractivity contribution in [2.24, 2.45) is 0 Å². The van der Waals surface area contributed by atoms with E-state index in [1.165, 1.54) is 6.07 Å². The number of ether oxygens (including phenoxy) is 1. The van der Waals surface area contributed by atoms with Gasteiger partial charge in [-0.1, -0.05) is 17.7 Å². The summed E-state index contributed by atoms with van der Waals surface area (Å²) in [7, 11) is 0. The highest BCUT2D eigenvalue weighted by molar-refractivity contribution is 6.31. The predicted molar refractivity (Wildman–Crippen MR) is 54.8 cm³/mol. The number of halogens is 2. The van der Waals surface area contributed by atoms with E-state index in [4.69, 9.17) is 26.6 Å². The summed E-state index contributed by atoms with van der Waals surface area (Å²) < 4.78 is 17.7. The van der Waals surface area contributed by atoms with Crippen LogP contribution < -0.4 is 0 Å². The smallest absolute Gasteiger partial charge is 0.337 e. The maximum atomic E-state index is 12.8. The zero-order valence-electron chi connectivity index (χ0n) is 8.19. The van der Waals surface area contributed by atoms with Gasteiger partial charge in [0, 0.05) is 10.6 Å². The van der Waals surface area contributed by atoms with Crippen molar-refractivity contribution >= 4 is 17.6 Å². The van der Waals surface area contributed by atoms with Crippen LogP contribution in [0.4, 0.5) is 4.39 Å². The molecule has 0 aliphatic rings. The maximum Gasteiger partial charge on any atom is 0.337 e. The molecule has 1 aromatic carbocycles. The highest BCUT2D eigenvalue weighted by Gasteiger charge is 2.23. The molecule has 6 heteroatoms. The van der Waals surface area contributed by atoms with E-state index in [2.05, 4.69) is 0 Å². The van der Waals surface area contributed by atoms with Gasteiger partial charge in [-0.05, 0) is 12.1 Å². The molecule has 0 fully saturated rings. The Hall–Kier alpha value is -1.17. The summed E-state index contributed by atoms with van der Waals surface area (Å²) in [4.78, 5) is 10.9. The Morgan fingerprint density at radius 2 is 2.25 bits per heavy atom. The van der Waals surface area contributed by atoms with E-state index in [9.17, 15) is 9.18 Å². The van der Waals surface area contributed by atoms with Gasteiger partial charge in [-0.15, -0.1) is 0 Å². The largest absolute Gasteiger partial charge is 0.479 e. The molecule has 0 amide bonds. The summed E-state index contributed by atoms with van der Waals surface area (Å²) in [6.07, 6.45) is -1.31. The Labute approximate surface area is 96.2 Å². The van der Waals surface area contributed by atoms with Crippen LogP contribution in [0, 0.1) is 5.82 Å². The molecule has 88 valence electrons. The molecule has 1 atom stereocenters. The van der Waals surface area contributed by atoms with Crippen molar-refractivity contribution in [2.45, 2.75) is 6.10 Å². The minimum absolute atomic E-state index is 0.0228. The highest BCUT2D eigenvalue weighted by atomic mass is 35.5. The van der Waals surface area contributed by atoms with Crippen LogP contribution in [0.1, 0.15) is 11.7 Å². The Balaban J connectivity index is 2.96. The lowest BCUT2D eigenvalue weighted by atomic mass is 10.1. The lowest BCUT2D eigenvalue weighted by Crippen LogP contribution is -2.17. The number of aliphatic hydroxyl groups excluding tert-OH is 1. The van der Waals surface area contributed by atoms with Gasteiger partial charge in [0.1, 0.15) is 5.82 Å². The third-order valence-corrected chi connectivity index (χ3v) is 2.17. The summed E-state index contributed by atoms with van der Waals surface area (Å²) >= 11 is 5.70. The zero-order chi connectivity index (χ0) is 12.1. The monoisotopic (exact) mass is 248 g/mol. The number of aliphatic carboxylic acids is 1. The number of benzene rings is 1. The molecule has 4 nitrogen and oxygen atoms in total. The Morgan fingerprint density at radius 3 is 2.75 bits per heavy atom. The molecule has 1 aromatic rings. The zero-order valence-corrected chi connectivity index (χ0v) is 8.95. The Morgan fingerprint density at radius 1 is 1.56 bits per heavy atom. The second kappa shape index (κ2) is 5.79. The van der Waals surface area contributed by atoms with E-state index >= 15 is 0 Å². The van der Waals surface area contributed by atoms with E-state index in [0.29, 0.717) is 0 Å². The molecule has 0 radical (unpaired) electrons. The molecule has 0 bridgehead atoms. The number of hydrogen-bond acceptors (Lipinski definition) is 3. The van der Waals surface area contributed by atoms with Crippen molar-refractivity contribution in [3.63, 3.8) is 0 Å². The van der Waals surface area contributed by atoms with Crippen LogP contribution in [0.25, 0.3) is 0 Å². The molecule has 2 N–H and O–H groups in total. The number of carbonyl (C=O) groups is 1. The van der Waals surface area contributed by atoms with Crippen molar-refractivity contribution in [3.05, 3.63) is 34.6 Å². The van der Waals surface area contributed by atoms with E-state index in [-0.39, 0.29) is 23.8 Å². The standard InChI is InChI=1S/C10H10ClFO4/c11-8-5-6(12)1-2-7(8)9(10(14)15)16-4-3-13/h1-2,5,9,13H,3-4H2,(H,14,15). The first-order chi connectivity index (χ1) is 7.56. The molecule has 0 saturated carbocycles. The van der Waals surface area contributed by atoms with Gasteiger partial charge in [-0.25, -0.2) is 9.18 Å².